The molecule has 2 unspecified atom stereocenters. The van der Waals surface area contributed by atoms with Crippen molar-refractivity contribution in [2.45, 2.75) is 45.1 Å². The molecule has 1 fully saturated rings. The number of hydrogen-bond donors (Lipinski definition) is 1. The number of para-hydroxylation sites is 1. The number of benzene rings is 1. The van der Waals surface area contributed by atoms with Crippen molar-refractivity contribution in [3.63, 3.8) is 0 Å². The highest BCUT2D eigenvalue weighted by Gasteiger charge is 2.35. The third kappa shape index (κ3) is 2.48. The smallest absolute Gasteiger partial charge is 0.0733 e. The topological polar surface area (TPSA) is 56.7 Å². The van der Waals surface area contributed by atoms with E-state index in [1.807, 2.05) is 29.1 Å². The molecule has 1 aromatic carbocycles. The van der Waals surface area contributed by atoms with Gasteiger partial charge in [-0.2, -0.15) is 0 Å². The lowest BCUT2D eigenvalue weighted by molar-refractivity contribution is 0.195. The average Bonchev–Trinajstić information content (AvgIpc) is 2.92. The first-order valence-electron chi connectivity index (χ1n) is 7.28. The summed E-state index contributed by atoms with van der Waals surface area (Å²) in [7, 11) is 0. The number of aromatic nitrogens is 3. The van der Waals surface area contributed by atoms with Crippen molar-refractivity contribution in [3.05, 3.63) is 42.2 Å². The number of rotatable bonds is 2. The molecular weight excluding hydrogens is 248 g/mol. The summed E-state index contributed by atoms with van der Waals surface area (Å²) in [6, 6.07) is 10.4. The van der Waals surface area contributed by atoms with Gasteiger partial charge in [0.05, 0.1) is 17.6 Å². The number of nitrogens with zero attached hydrogens (tertiary/aromatic N) is 3. The summed E-state index contributed by atoms with van der Waals surface area (Å²) in [4.78, 5) is 0. The molecule has 2 N–H and O–H groups in total. The second-order valence-electron chi connectivity index (χ2n) is 6.58. The van der Waals surface area contributed by atoms with Gasteiger partial charge in [-0.3, -0.25) is 0 Å². The third-order valence-corrected chi connectivity index (χ3v) is 4.40. The van der Waals surface area contributed by atoms with Crippen LogP contribution in [0.15, 0.2) is 36.5 Å². The SMILES string of the molecule is CC1(C)CCC(N)C(c2cnnn2-c2ccccc2)C1. The van der Waals surface area contributed by atoms with Crippen LogP contribution >= 0.6 is 0 Å². The maximum Gasteiger partial charge on any atom is 0.0733 e. The predicted molar refractivity (Wildman–Crippen MR) is 79.7 cm³/mol. The molecule has 0 saturated heterocycles. The van der Waals surface area contributed by atoms with Crippen LogP contribution in [0.1, 0.15) is 44.7 Å². The standard InChI is InChI=1S/C16H22N4/c1-16(2)9-8-14(17)13(10-16)15-11-18-19-20(15)12-6-4-3-5-7-12/h3-7,11,13-14H,8-10,17H2,1-2H3. The Labute approximate surface area is 120 Å². The summed E-state index contributed by atoms with van der Waals surface area (Å²) in [5, 5.41) is 8.37. The summed E-state index contributed by atoms with van der Waals surface area (Å²) in [5.41, 5.74) is 8.90. The molecule has 0 amide bonds. The van der Waals surface area contributed by atoms with E-state index in [4.69, 9.17) is 5.73 Å². The molecule has 3 rings (SSSR count). The summed E-state index contributed by atoms with van der Waals surface area (Å²) >= 11 is 0. The lowest BCUT2D eigenvalue weighted by Crippen LogP contribution is -2.38. The minimum atomic E-state index is 0.198. The van der Waals surface area contributed by atoms with Crippen LogP contribution in [0.2, 0.25) is 0 Å². The third-order valence-electron chi connectivity index (χ3n) is 4.40. The first-order valence-corrected chi connectivity index (χ1v) is 7.28. The van der Waals surface area contributed by atoms with Crippen LogP contribution in [-0.4, -0.2) is 21.0 Å². The molecule has 1 aliphatic rings. The monoisotopic (exact) mass is 270 g/mol. The van der Waals surface area contributed by atoms with Crippen molar-refractivity contribution in [3.8, 4) is 5.69 Å². The molecule has 1 heterocycles. The van der Waals surface area contributed by atoms with Gasteiger partial charge in [-0.1, -0.05) is 37.3 Å². The molecule has 0 radical (unpaired) electrons. The Kier molecular flexibility index (Phi) is 3.34. The zero-order valence-electron chi connectivity index (χ0n) is 12.2. The largest absolute Gasteiger partial charge is 0.327 e. The molecule has 0 spiro atoms. The van der Waals surface area contributed by atoms with Crippen LogP contribution in [0, 0.1) is 5.41 Å². The number of nitrogens with two attached hydrogens (primary N) is 1. The molecule has 106 valence electrons. The lowest BCUT2D eigenvalue weighted by Gasteiger charge is -2.39. The van der Waals surface area contributed by atoms with Crippen LogP contribution in [0.5, 0.6) is 0 Å². The van der Waals surface area contributed by atoms with Crippen molar-refractivity contribution in [2.24, 2.45) is 11.1 Å². The van der Waals surface area contributed by atoms with Gasteiger partial charge in [-0.25, -0.2) is 4.68 Å². The van der Waals surface area contributed by atoms with Gasteiger partial charge < -0.3 is 5.73 Å². The highest BCUT2D eigenvalue weighted by Crippen LogP contribution is 2.42. The summed E-state index contributed by atoms with van der Waals surface area (Å²) < 4.78 is 1.94. The van der Waals surface area contributed by atoms with E-state index >= 15 is 0 Å². The minimum Gasteiger partial charge on any atom is -0.327 e. The Morgan fingerprint density at radius 3 is 2.75 bits per heavy atom. The summed E-state index contributed by atoms with van der Waals surface area (Å²) in [5.74, 6) is 0.328. The zero-order chi connectivity index (χ0) is 14.2. The van der Waals surface area contributed by atoms with Gasteiger partial charge in [0, 0.05) is 12.0 Å². The van der Waals surface area contributed by atoms with E-state index in [-0.39, 0.29) is 6.04 Å². The van der Waals surface area contributed by atoms with Gasteiger partial charge in [-0.15, -0.1) is 5.10 Å². The van der Waals surface area contributed by atoms with E-state index in [2.05, 4.69) is 36.3 Å². The molecule has 0 aliphatic heterocycles. The molecular formula is C16H22N4. The van der Waals surface area contributed by atoms with E-state index in [1.54, 1.807) is 0 Å². The van der Waals surface area contributed by atoms with Gasteiger partial charge in [0.2, 0.25) is 0 Å². The fourth-order valence-electron chi connectivity index (χ4n) is 3.20. The molecule has 20 heavy (non-hydrogen) atoms. The Balaban J connectivity index is 1.97. The van der Waals surface area contributed by atoms with Gasteiger partial charge in [0.1, 0.15) is 0 Å². The van der Waals surface area contributed by atoms with E-state index in [9.17, 15) is 0 Å². The second kappa shape index (κ2) is 5.02. The van der Waals surface area contributed by atoms with E-state index in [0.29, 0.717) is 11.3 Å². The van der Waals surface area contributed by atoms with Gasteiger partial charge in [0.15, 0.2) is 0 Å². The Hall–Kier alpha value is -1.68. The van der Waals surface area contributed by atoms with E-state index in [0.717, 1.165) is 24.2 Å². The van der Waals surface area contributed by atoms with Crippen LogP contribution in [0.3, 0.4) is 0 Å². The van der Waals surface area contributed by atoms with Crippen molar-refractivity contribution >= 4 is 0 Å². The van der Waals surface area contributed by atoms with Crippen LogP contribution in [0.25, 0.3) is 5.69 Å². The average molecular weight is 270 g/mol. The fraction of sp³-hybridized carbons (Fsp3) is 0.500. The maximum absolute atomic E-state index is 6.37. The Morgan fingerprint density at radius 2 is 2.00 bits per heavy atom. The van der Waals surface area contributed by atoms with Gasteiger partial charge >= 0.3 is 0 Å². The van der Waals surface area contributed by atoms with E-state index < -0.39 is 0 Å². The van der Waals surface area contributed by atoms with Crippen LogP contribution in [-0.2, 0) is 0 Å². The molecule has 1 aliphatic carbocycles. The molecule has 2 atom stereocenters. The van der Waals surface area contributed by atoms with E-state index in [1.165, 1.54) is 6.42 Å². The Morgan fingerprint density at radius 1 is 1.25 bits per heavy atom. The molecule has 1 saturated carbocycles. The summed E-state index contributed by atoms with van der Waals surface area (Å²) in [6.45, 7) is 4.64. The molecule has 4 nitrogen and oxygen atoms in total. The van der Waals surface area contributed by atoms with Crippen LogP contribution < -0.4 is 5.73 Å². The van der Waals surface area contributed by atoms with Crippen LogP contribution in [0.4, 0.5) is 0 Å². The van der Waals surface area contributed by atoms with Crippen molar-refractivity contribution < 1.29 is 0 Å². The highest BCUT2D eigenvalue weighted by atomic mass is 15.4. The van der Waals surface area contributed by atoms with Crippen molar-refractivity contribution in [1.82, 2.24) is 15.0 Å². The van der Waals surface area contributed by atoms with Crippen molar-refractivity contribution in [2.75, 3.05) is 0 Å². The molecule has 4 heteroatoms. The zero-order valence-corrected chi connectivity index (χ0v) is 12.2. The van der Waals surface area contributed by atoms with Crippen molar-refractivity contribution in [1.29, 1.82) is 0 Å². The Bertz CT molecular complexity index is 573. The normalized spacial score (nSPS) is 25.6. The summed E-state index contributed by atoms with van der Waals surface area (Å²) in [6.07, 6.45) is 5.22. The lowest BCUT2D eigenvalue weighted by atomic mass is 9.69. The minimum absolute atomic E-state index is 0.198. The number of hydrogen-bond acceptors (Lipinski definition) is 3. The highest BCUT2D eigenvalue weighted by molar-refractivity contribution is 5.33. The maximum atomic E-state index is 6.37. The van der Waals surface area contributed by atoms with Gasteiger partial charge in [0.25, 0.3) is 0 Å². The molecule has 1 aromatic heterocycles. The first kappa shape index (κ1) is 13.3. The second-order valence-corrected chi connectivity index (χ2v) is 6.58. The first-order chi connectivity index (χ1) is 9.57. The van der Waals surface area contributed by atoms with Gasteiger partial charge in [-0.05, 0) is 36.8 Å². The fourth-order valence-corrected chi connectivity index (χ4v) is 3.20. The predicted octanol–water partition coefficient (Wildman–Crippen LogP) is 2.89. The molecule has 2 aromatic rings. The quantitative estimate of drug-likeness (QED) is 0.913. The molecule has 0 bridgehead atoms.